The molecule has 0 aromatic heterocycles. The first-order valence-electron chi connectivity index (χ1n) is 7.34. The molecule has 122 valence electrons. The van der Waals surface area contributed by atoms with Gasteiger partial charge >= 0.3 is 0 Å². The number of likely N-dealkylation sites (N-methyl/N-ethyl adjacent to an activating group) is 1. The van der Waals surface area contributed by atoms with Crippen LogP contribution in [0.4, 0.5) is 0 Å². The number of ether oxygens (including phenoxy) is 5. The van der Waals surface area contributed by atoms with Crippen LogP contribution in [0.25, 0.3) is 0 Å². The van der Waals surface area contributed by atoms with E-state index < -0.39 is 0 Å². The van der Waals surface area contributed by atoms with Crippen molar-refractivity contribution in [3.05, 3.63) is 0 Å². The van der Waals surface area contributed by atoms with Gasteiger partial charge < -0.3 is 29.0 Å². The van der Waals surface area contributed by atoms with Crippen LogP contribution in [0, 0.1) is 0 Å². The van der Waals surface area contributed by atoms with Crippen LogP contribution in [0.3, 0.4) is 0 Å². The van der Waals surface area contributed by atoms with Crippen LogP contribution >= 0.6 is 0 Å². The molecule has 0 aliphatic heterocycles. The van der Waals surface area contributed by atoms with Crippen LogP contribution in [-0.2, 0) is 23.7 Å². The molecular formula is C14H31NO5. The molecule has 20 heavy (non-hydrogen) atoms. The van der Waals surface area contributed by atoms with Crippen molar-refractivity contribution < 1.29 is 23.7 Å². The number of rotatable bonds is 16. The van der Waals surface area contributed by atoms with Gasteiger partial charge in [0, 0.05) is 6.54 Å². The molecule has 0 aromatic rings. The van der Waals surface area contributed by atoms with E-state index in [1.54, 1.807) is 0 Å². The van der Waals surface area contributed by atoms with E-state index in [-0.39, 0.29) is 6.10 Å². The van der Waals surface area contributed by atoms with E-state index in [4.69, 9.17) is 23.7 Å². The predicted molar refractivity (Wildman–Crippen MR) is 78.3 cm³/mol. The number of nitrogens with one attached hydrogen (secondary N) is 1. The van der Waals surface area contributed by atoms with Gasteiger partial charge in [-0.15, -0.1) is 0 Å². The molecule has 0 aliphatic carbocycles. The average molecular weight is 293 g/mol. The quantitative estimate of drug-likeness (QED) is 0.423. The SMILES string of the molecule is CNCCOCCOCCOCCOCCOC(C)C. The zero-order valence-corrected chi connectivity index (χ0v) is 13.2. The molecule has 0 bridgehead atoms. The van der Waals surface area contributed by atoms with Crippen LogP contribution in [-0.4, -0.2) is 79.2 Å². The second kappa shape index (κ2) is 16.8. The van der Waals surface area contributed by atoms with E-state index in [1.807, 2.05) is 20.9 Å². The standard InChI is InChI=1S/C14H31NO5/c1-14(2)20-13-12-19-11-10-18-9-8-17-7-6-16-5-4-15-3/h14-15H,4-13H2,1-3H3. The monoisotopic (exact) mass is 293 g/mol. The van der Waals surface area contributed by atoms with Gasteiger partial charge in [0.15, 0.2) is 0 Å². The molecular weight excluding hydrogens is 262 g/mol. The van der Waals surface area contributed by atoms with Crippen molar-refractivity contribution in [3.8, 4) is 0 Å². The van der Waals surface area contributed by atoms with Gasteiger partial charge in [0.1, 0.15) is 0 Å². The third-order valence-corrected chi connectivity index (χ3v) is 2.29. The largest absolute Gasteiger partial charge is 0.378 e. The fraction of sp³-hybridized carbons (Fsp3) is 1.00. The first kappa shape index (κ1) is 19.8. The Morgan fingerprint density at radius 3 is 1.45 bits per heavy atom. The maximum Gasteiger partial charge on any atom is 0.0703 e. The maximum absolute atomic E-state index is 5.36. The van der Waals surface area contributed by atoms with E-state index >= 15 is 0 Å². The van der Waals surface area contributed by atoms with Crippen molar-refractivity contribution in [2.75, 3.05) is 73.1 Å². The molecule has 6 nitrogen and oxygen atoms in total. The molecule has 0 rings (SSSR count). The first-order chi connectivity index (χ1) is 9.77. The van der Waals surface area contributed by atoms with E-state index in [0.717, 1.165) is 6.54 Å². The Morgan fingerprint density at radius 2 is 1.05 bits per heavy atom. The van der Waals surface area contributed by atoms with Gasteiger partial charge in [-0.1, -0.05) is 0 Å². The molecule has 1 N–H and O–H groups in total. The zero-order valence-electron chi connectivity index (χ0n) is 13.2. The summed E-state index contributed by atoms with van der Waals surface area (Å²) in [5.41, 5.74) is 0. The highest BCUT2D eigenvalue weighted by molar-refractivity contribution is 4.39. The zero-order chi connectivity index (χ0) is 14.9. The summed E-state index contributed by atoms with van der Waals surface area (Å²) in [4.78, 5) is 0. The summed E-state index contributed by atoms with van der Waals surface area (Å²) in [6.07, 6.45) is 0.259. The Labute approximate surface area is 123 Å². The second-order valence-electron chi connectivity index (χ2n) is 4.47. The molecule has 0 spiro atoms. The van der Waals surface area contributed by atoms with Crippen LogP contribution in [0.1, 0.15) is 13.8 Å². The predicted octanol–water partition coefficient (Wildman–Crippen LogP) is 0.697. The Hall–Kier alpha value is -0.240. The normalized spacial score (nSPS) is 11.4. The second-order valence-corrected chi connectivity index (χ2v) is 4.47. The molecule has 6 heteroatoms. The summed E-state index contributed by atoms with van der Waals surface area (Å²) < 4.78 is 26.7. The molecule has 0 aliphatic rings. The summed E-state index contributed by atoms with van der Waals surface area (Å²) in [6.45, 7) is 10.4. The van der Waals surface area contributed by atoms with Crippen LogP contribution < -0.4 is 5.32 Å². The number of hydrogen-bond donors (Lipinski definition) is 1. The lowest BCUT2D eigenvalue weighted by Gasteiger charge is -2.09. The minimum Gasteiger partial charge on any atom is -0.378 e. The molecule has 0 aromatic carbocycles. The molecule has 0 saturated heterocycles. The number of hydrogen-bond acceptors (Lipinski definition) is 6. The van der Waals surface area contributed by atoms with Crippen molar-refractivity contribution in [2.45, 2.75) is 20.0 Å². The van der Waals surface area contributed by atoms with Gasteiger partial charge in [-0.3, -0.25) is 0 Å². The van der Waals surface area contributed by atoms with Gasteiger partial charge in [-0.25, -0.2) is 0 Å². The molecule has 0 radical (unpaired) electrons. The summed E-state index contributed by atoms with van der Waals surface area (Å²) >= 11 is 0. The van der Waals surface area contributed by atoms with Crippen molar-refractivity contribution in [3.63, 3.8) is 0 Å². The topological polar surface area (TPSA) is 58.2 Å². The average Bonchev–Trinajstić information content (AvgIpc) is 2.43. The first-order valence-corrected chi connectivity index (χ1v) is 7.34. The summed E-state index contributed by atoms with van der Waals surface area (Å²) in [5.74, 6) is 0. The molecule has 0 atom stereocenters. The summed E-state index contributed by atoms with van der Waals surface area (Å²) in [7, 11) is 1.90. The Bertz CT molecular complexity index is 181. The summed E-state index contributed by atoms with van der Waals surface area (Å²) in [5, 5.41) is 3.01. The lowest BCUT2D eigenvalue weighted by atomic mass is 10.5. The van der Waals surface area contributed by atoms with Gasteiger partial charge in [0.05, 0.1) is 65.6 Å². The van der Waals surface area contributed by atoms with E-state index in [0.29, 0.717) is 59.5 Å². The smallest absolute Gasteiger partial charge is 0.0703 e. The van der Waals surface area contributed by atoms with Crippen LogP contribution in [0.2, 0.25) is 0 Å². The molecule has 0 fully saturated rings. The lowest BCUT2D eigenvalue weighted by Crippen LogP contribution is -2.17. The Balaban J connectivity index is 2.92. The van der Waals surface area contributed by atoms with Gasteiger partial charge in [0.2, 0.25) is 0 Å². The minimum atomic E-state index is 0.259. The molecule has 0 amide bonds. The van der Waals surface area contributed by atoms with E-state index in [2.05, 4.69) is 5.32 Å². The highest BCUT2D eigenvalue weighted by Crippen LogP contribution is 1.87. The molecule has 0 saturated carbocycles. The maximum atomic E-state index is 5.36. The highest BCUT2D eigenvalue weighted by atomic mass is 16.6. The third-order valence-electron chi connectivity index (χ3n) is 2.29. The minimum absolute atomic E-state index is 0.259. The van der Waals surface area contributed by atoms with Crippen LogP contribution in [0.5, 0.6) is 0 Å². The van der Waals surface area contributed by atoms with Gasteiger partial charge in [0.25, 0.3) is 0 Å². The Morgan fingerprint density at radius 1 is 0.650 bits per heavy atom. The summed E-state index contributed by atoms with van der Waals surface area (Å²) in [6, 6.07) is 0. The van der Waals surface area contributed by atoms with Gasteiger partial charge in [-0.05, 0) is 20.9 Å². The Kier molecular flexibility index (Phi) is 16.6. The fourth-order valence-corrected chi connectivity index (χ4v) is 1.28. The van der Waals surface area contributed by atoms with Crippen molar-refractivity contribution in [1.82, 2.24) is 5.32 Å². The van der Waals surface area contributed by atoms with Crippen LogP contribution in [0.15, 0.2) is 0 Å². The molecule has 0 heterocycles. The highest BCUT2D eigenvalue weighted by Gasteiger charge is 1.94. The van der Waals surface area contributed by atoms with Crippen molar-refractivity contribution in [1.29, 1.82) is 0 Å². The van der Waals surface area contributed by atoms with Crippen molar-refractivity contribution >= 4 is 0 Å². The molecule has 0 unspecified atom stereocenters. The van der Waals surface area contributed by atoms with Crippen molar-refractivity contribution in [2.24, 2.45) is 0 Å². The van der Waals surface area contributed by atoms with Gasteiger partial charge in [-0.2, -0.15) is 0 Å². The van der Waals surface area contributed by atoms with E-state index in [9.17, 15) is 0 Å². The fourth-order valence-electron chi connectivity index (χ4n) is 1.28. The van der Waals surface area contributed by atoms with E-state index in [1.165, 1.54) is 0 Å². The third kappa shape index (κ3) is 17.8. The lowest BCUT2D eigenvalue weighted by molar-refractivity contribution is -0.0173.